The summed E-state index contributed by atoms with van der Waals surface area (Å²) in [7, 11) is 1.46. The Hall–Kier alpha value is -1.26. The number of nitrogens with one attached hydrogen (secondary N) is 1. The first-order valence-electron chi connectivity index (χ1n) is 4.83. The van der Waals surface area contributed by atoms with Crippen molar-refractivity contribution in [2.24, 2.45) is 0 Å². The Morgan fingerprint density at radius 1 is 1.35 bits per heavy atom. The van der Waals surface area contributed by atoms with E-state index in [1.165, 1.54) is 7.05 Å². The van der Waals surface area contributed by atoms with Crippen LogP contribution in [0.2, 0.25) is 10.0 Å². The fourth-order valence-corrected chi connectivity index (χ4v) is 1.57. The molecular formula is C11H11Cl2NO3. The van der Waals surface area contributed by atoms with E-state index in [9.17, 15) is 9.59 Å². The number of halogens is 2. The second-order valence-electron chi connectivity index (χ2n) is 3.25. The van der Waals surface area contributed by atoms with Crippen molar-refractivity contribution in [1.29, 1.82) is 0 Å². The topological polar surface area (TPSA) is 55.4 Å². The van der Waals surface area contributed by atoms with Gasteiger partial charge >= 0.3 is 5.97 Å². The van der Waals surface area contributed by atoms with Crippen LogP contribution in [0.5, 0.6) is 0 Å². The number of hydrogen-bond donors (Lipinski definition) is 1. The molecule has 0 heterocycles. The lowest BCUT2D eigenvalue weighted by molar-refractivity contribution is -0.147. The molecule has 0 aromatic heterocycles. The van der Waals surface area contributed by atoms with Gasteiger partial charge in [-0.25, -0.2) is 0 Å². The van der Waals surface area contributed by atoms with Crippen molar-refractivity contribution < 1.29 is 14.3 Å². The molecular weight excluding hydrogens is 265 g/mol. The molecule has 1 amide bonds. The molecule has 92 valence electrons. The van der Waals surface area contributed by atoms with Gasteiger partial charge in [-0.2, -0.15) is 0 Å². The van der Waals surface area contributed by atoms with Crippen LogP contribution in [-0.4, -0.2) is 25.5 Å². The third-order valence-electron chi connectivity index (χ3n) is 1.99. The highest BCUT2D eigenvalue weighted by Gasteiger charge is 2.10. The maximum absolute atomic E-state index is 11.4. The quantitative estimate of drug-likeness (QED) is 0.853. The fraction of sp³-hybridized carbons (Fsp3) is 0.273. The highest BCUT2D eigenvalue weighted by atomic mass is 35.5. The predicted octanol–water partition coefficient (Wildman–Crippen LogP) is 1.83. The summed E-state index contributed by atoms with van der Waals surface area (Å²) in [4.78, 5) is 22.2. The fourth-order valence-electron chi connectivity index (χ4n) is 1.09. The Bertz CT molecular complexity index is 435. The first-order chi connectivity index (χ1) is 8.02. The summed E-state index contributed by atoms with van der Waals surface area (Å²) in [5, 5.41) is 3.24. The number of hydrogen-bond acceptors (Lipinski definition) is 3. The van der Waals surface area contributed by atoms with Crippen molar-refractivity contribution in [3.63, 3.8) is 0 Å². The van der Waals surface area contributed by atoms with Crippen LogP contribution in [0.15, 0.2) is 18.2 Å². The van der Waals surface area contributed by atoms with E-state index in [4.69, 9.17) is 27.9 Å². The molecule has 0 aliphatic heterocycles. The van der Waals surface area contributed by atoms with E-state index in [1.54, 1.807) is 18.2 Å². The normalized spacial score (nSPS) is 9.82. The zero-order valence-corrected chi connectivity index (χ0v) is 10.6. The van der Waals surface area contributed by atoms with Gasteiger partial charge in [0.25, 0.3) is 5.91 Å². The minimum atomic E-state index is -0.516. The van der Waals surface area contributed by atoms with Crippen LogP contribution in [0.3, 0.4) is 0 Å². The van der Waals surface area contributed by atoms with E-state index in [-0.39, 0.29) is 18.9 Å². The Morgan fingerprint density at radius 3 is 2.65 bits per heavy atom. The van der Waals surface area contributed by atoms with Crippen LogP contribution in [-0.2, 0) is 20.7 Å². The smallest absolute Gasteiger partial charge is 0.310 e. The van der Waals surface area contributed by atoms with Crippen LogP contribution in [0, 0.1) is 0 Å². The molecule has 0 aliphatic rings. The summed E-state index contributed by atoms with van der Waals surface area (Å²) in [6, 6.07) is 4.82. The minimum Gasteiger partial charge on any atom is -0.455 e. The summed E-state index contributed by atoms with van der Waals surface area (Å²) in [6.07, 6.45) is 0.00694. The molecule has 0 fully saturated rings. The summed E-state index contributed by atoms with van der Waals surface area (Å²) in [6.45, 7) is -0.291. The van der Waals surface area contributed by atoms with Crippen LogP contribution in [0.1, 0.15) is 5.56 Å². The highest BCUT2D eigenvalue weighted by molar-refractivity contribution is 6.35. The SMILES string of the molecule is CNC(=O)COC(=O)Cc1ccc(Cl)cc1Cl. The van der Waals surface area contributed by atoms with E-state index in [0.29, 0.717) is 15.6 Å². The number of esters is 1. The number of ether oxygens (including phenoxy) is 1. The summed E-state index contributed by atoms with van der Waals surface area (Å²) in [5.41, 5.74) is 0.609. The van der Waals surface area contributed by atoms with Gasteiger partial charge in [0.1, 0.15) is 0 Å². The van der Waals surface area contributed by atoms with E-state index in [1.807, 2.05) is 0 Å². The van der Waals surface area contributed by atoms with Crippen molar-refractivity contribution in [3.05, 3.63) is 33.8 Å². The molecule has 0 bridgehead atoms. The van der Waals surface area contributed by atoms with Crippen molar-refractivity contribution in [2.75, 3.05) is 13.7 Å². The van der Waals surface area contributed by atoms with Gasteiger partial charge in [-0.05, 0) is 17.7 Å². The number of likely N-dealkylation sites (N-methyl/N-ethyl adjacent to an activating group) is 1. The van der Waals surface area contributed by atoms with E-state index >= 15 is 0 Å². The van der Waals surface area contributed by atoms with E-state index in [0.717, 1.165) is 0 Å². The second kappa shape index (κ2) is 6.47. The Morgan fingerprint density at radius 2 is 2.06 bits per heavy atom. The lowest BCUT2D eigenvalue weighted by atomic mass is 10.1. The molecule has 0 aliphatic carbocycles. The predicted molar refractivity (Wildman–Crippen MR) is 65.2 cm³/mol. The Kier molecular flexibility index (Phi) is 5.25. The van der Waals surface area contributed by atoms with Gasteiger partial charge in [-0.15, -0.1) is 0 Å². The molecule has 1 rings (SSSR count). The molecule has 1 aromatic carbocycles. The van der Waals surface area contributed by atoms with Crippen LogP contribution >= 0.6 is 23.2 Å². The molecule has 0 saturated carbocycles. The molecule has 1 aromatic rings. The molecule has 0 unspecified atom stereocenters. The van der Waals surface area contributed by atoms with Gasteiger partial charge in [0.05, 0.1) is 6.42 Å². The molecule has 0 saturated heterocycles. The zero-order chi connectivity index (χ0) is 12.8. The number of amides is 1. The highest BCUT2D eigenvalue weighted by Crippen LogP contribution is 2.21. The van der Waals surface area contributed by atoms with Crippen molar-refractivity contribution in [1.82, 2.24) is 5.32 Å². The van der Waals surface area contributed by atoms with Crippen LogP contribution < -0.4 is 5.32 Å². The van der Waals surface area contributed by atoms with Gasteiger partial charge < -0.3 is 10.1 Å². The maximum Gasteiger partial charge on any atom is 0.310 e. The van der Waals surface area contributed by atoms with Crippen molar-refractivity contribution in [3.8, 4) is 0 Å². The number of carbonyl (C=O) groups excluding carboxylic acids is 2. The first-order valence-corrected chi connectivity index (χ1v) is 5.58. The summed E-state index contributed by atoms with van der Waals surface area (Å²) in [5.74, 6) is -0.877. The van der Waals surface area contributed by atoms with Crippen molar-refractivity contribution in [2.45, 2.75) is 6.42 Å². The average Bonchev–Trinajstić information content (AvgIpc) is 2.29. The van der Waals surface area contributed by atoms with Crippen LogP contribution in [0.4, 0.5) is 0 Å². The largest absolute Gasteiger partial charge is 0.455 e. The van der Waals surface area contributed by atoms with E-state index in [2.05, 4.69) is 5.32 Å². The molecule has 17 heavy (non-hydrogen) atoms. The van der Waals surface area contributed by atoms with E-state index < -0.39 is 5.97 Å². The molecule has 0 radical (unpaired) electrons. The number of carbonyl (C=O) groups is 2. The summed E-state index contributed by atoms with van der Waals surface area (Å²) >= 11 is 11.6. The van der Waals surface area contributed by atoms with Gasteiger partial charge in [0.15, 0.2) is 6.61 Å². The molecule has 1 N–H and O–H groups in total. The van der Waals surface area contributed by atoms with Gasteiger partial charge in [-0.3, -0.25) is 9.59 Å². The standard InChI is InChI=1S/C11H11Cl2NO3/c1-14-10(15)6-17-11(16)4-7-2-3-8(12)5-9(7)13/h2-3,5H,4,6H2,1H3,(H,14,15). The Labute approximate surface area is 109 Å². The number of benzene rings is 1. The van der Waals surface area contributed by atoms with Gasteiger partial charge in [0, 0.05) is 17.1 Å². The maximum atomic E-state index is 11.4. The second-order valence-corrected chi connectivity index (χ2v) is 4.09. The van der Waals surface area contributed by atoms with Gasteiger partial charge in [0.2, 0.25) is 0 Å². The molecule has 6 heteroatoms. The lowest BCUT2D eigenvalue weighted by Crippen LogP contribution is -2.25. The third-order valence-corrected chi connectivity index (χ3v) is 2.58. The molecule has 0 atom stereocenters. The third kappa shape index (κ3) is 4.63. The van der Waals surface area contributed by atoms with Crippen LogP contribution in [0.25, 0.3) is 0 Å². The first kappa shape index (κ1) is 13.8. The minimum absolute atomic E-state index is 0.00694. The number of rotatable bonds is 4. The average molecular weight is 276 g/mol. The Balaban J connectivity index is 2.53. The van der Waals surface area contributed by atoms with Crippen molar-refractivity contribution >= 4 is 35.1 Å². The van der Waals surface area contributed by atoms with Gasteiger partial charge in [-0.1, -0.05) is 29.3 Å². The monoisotopic (exact) mass is 275 g/mol. The molecule has 0 spiro atoms. The summed E-state index contributed by atoms with van der Waals surface area (Å²) < 4.78 is 4.74. The lowest BCUT2D eigenvalue weighted by Gasteiger charge is -2.05. The zero-order valence-electron chi connectivity index (χ0n) is 9.13. The molecule has 4 nitrogen and oxygen atoms in total.